The second-order valence-corrected chi connectivity index (χ2v) is 4.52. The maximum atomic E-state index is 8.49. The summed E-state index contributed by atoms with van der Waals surface area (Å²) in [4.78, 5) is 8.50. The van der Waals surface area contributed by atoms with Gasteiger partial charge in [-0.15, -0.1) is 11.8 Å². The molecular formula is C11H12N4S. The van der Waals surface area contributed by atoms with Gasteiger partial charge in [-0.2, -0.15) is 5.26 Å². The number of hydrogen-bond donors (Lipinski definition) is 2. The highest BCUT2D eigenvalue weighted by atomic mass is 32.2. The summed E-state index contributed by atoms with van der Waals surface area (Å²) in [6.45, 7) is 2.16. The molecule has 1 aromatic heterocycles. The van der Waals surface area contributed by atoms with Crippen molar-refractivity contribution in [2.45, 2.75) is 18.2 Å². The Balaban J connectivity index is 2.27. The molecule has 0 bridgehead atoms. The minimum Gasteiger partial charge on any atom is -0.323 e. The fourth-order valence-electron chi connectivity index (χ4n) is 1.41. The number of H-pyrrole nitrogens is 1. The van der Waals surface area contributed by atoms with Crippen LogP contribution < -0.4 is 5.32 Å². The van der Waals surface area contributed by atoms with E-state index < -0.39 is 0 Å². The first-order chi connectivity index (χ1) is 7.83. The molecule has 0 spiro atoms. The van der Waals surface area contributed by atoms with Crippen LogP contribution in [0.25, 0.3) is 11.0 Å². The Kier molecular flexibility index (Phi) is 3.32. The number of fused-ring (bicyclic) bond motifs is 1. The number of anilines is 1. The Morgan fingerprint density at radius 1 is 1.56 bits per heavy atom. The average Bonchev–Trinajstić information content (AvgIpc) is 2.68. The second kappa shape index (κ2) is 4.90. The quantitative estimate of drug-likeness (QED) is 0.483. The molecule has 2 N–H and O–H groups in total. The van der Waals surface area contributed by atoms with E-state index in [1.807, 2.05) is 24.0 Å². The zero-order valence-electron chi connectivity index (χ0n) is 8.95. The SMILES string of the molecule is CCCSc1ccc2nc(NC#N)[nH]c2c1. The zero-order valence-corrected chi connectivity index (χ0v) is 9.77. The molecule has 0 unspecified atom stereocenters. The first kappa shape index (κ1) is 10.8. The molecular weight excluding hydrogens is 220 g/mol. The van der Waals surface area contributed by atoms with Crippen LogP contribution in [0.4, 0.5) is 5.95 Å². The van der Waals surface area contributed by atoms with Gasteiger partial charge in [0.05, 0.1) is 11.0 Å². The van der Waals surface area contributed by atoms with Gasteiger partial charge >= 0.3 is 0 Å². The summed E-state index contributed by atoms with van der Waals surface area (Å²) in [5.41, 5.74) is 1.83. The van der Waals surface area contributed by atoms with Crippen LogP contribution in [0.3, 0.4) is 0 Å². The van der Waals surface area contributed by atoms with Crippen molar-refractivity contribution >= 4 is 28.7 Å². The molecule has 4 nitrogen and oxygen atoms in total. The lowest BCUT2D eigenvalue weighted by molar-refractivity contribution is 1.10. The molecule has 2 rings (SSSR count). The number of nitrogens with one attached hydrogen (secondary N) is 2. The predicted octanol–water partition coefficient (Wildman–Crippen LogP) is 2.96. The fraction of sp³-hybridized carbons (Fsp3) is 0.273. The lowest BCUT2D eigenvalue weighted by Gasteiger charge is -1.98. The van der Waals surface area contributed by atoms with Crippen LogP contribution in [0, 0.1) is 11.5 Å². The van der Waals surface area contributed by atoms with Crippen molar-refractivity contribution in [3.05, 3.63) is 18.2 Å². The summed E-state index contributed by atoms with van der Waals surface area (Å²) in [6.07, 6.45) is 3.00. The Labute approximate surface area is 98.1 Å². The van der Waals surface area contributed by atoms with Gasteiger partial charge < -0.3 is 4.98 Å². The van der Waals surface area contributed by atoms with Crippen LogP contribution >= 0.6 is 11.8 Å². The first-order valence-electron chi connectivity index (χ1n) is 5.11. The topological polar surface area (TPSA) is 64.5 Å². The van der Waals surface area contributed by atoms with Crippen LogP contribution in [-0.4, -0.2) is 15.7 Å². The summed E-state index contributed by atoms with van der Waals surface area (Å²) >= 11 is 1.82. The van der Waals surface area contributed by atoms with E-state index in [2.05, 4.69) is 34.3 Å². The molecule has 0 aliphatic carbocycles. The van der Waals surface area contributed by atoms with E-state index >= 15 is 0 Å². The van der Waals surface area contributed by atoms with E-state index in [0.717, 1.165) is 23.2 Å². The molecule has 0 radical (unpaired) electrons. The fourth-order valence-corrected chi connectivity index (χ4v) is 2.22. The minimum absolute atomic E-state index is 0.496. The third kappa shape index (κ3) is 2.28. The van der Waals surface area contributed by atoms with Gasteiger partial charge in [0.25, 0.3) is 0 Å². The molecule has 16 heavy (non-hydrogen) atoms. The molecule has 0 saturated carbocycles. The summed E-state index contributed by atoms with van der Waals surface area (Å²) in [5.74, 6) is 1.61. The van der Waals surface area contributed by atoms with Crippen molar-refractivity contribution in [3.8, 4) is 6.19 Å². The van der Waals surface area contributed by atoms with E-state index in [-0.39, 0.29) is 0 Å². The number of aromatic nitrogens is 2. The number of nitrogens with zero attached hydrogens (tertiary/aromatic N) is 2. The lowest BCUT2D eigenvalue weighted by atomic mass is 10.3. The lowest BCUT2D eigenvalue weighted by Crippen LogP contribution is -1.87. The Bertz CT molecular complexity index is 526. The van der Waals surface area contributed by atoms with Gasteiger partial charge in [0.1, 0.15) is 0 Å². The standard InChI is InChI=1S/C11H12N4S/c1-2-5-16-8-3-4-9-10(6-8)15-11(14-9)13-7-12/h3-4,6H,2,5H2,1H3,(H2,13,14,15). The smallest absolute Gasteiger partial charge is 0.214 e. The highest BCUT2D eigenvalue weighted by Crippen LogP contribution is 2.23. The number of aromatic amines is 1. The molecule has 0 aliphatic heterocycles. The second-order valence-electron chi connectivity index (χ2n) is 3.35. The minimum atomic E-state index is 0.496. The molecule has 1 aromatic carbocycles. The van der Waals surface area contributed by atoms with Gasteiger partial charge in [-0.1, -0.05) is 6.92 Å². The zero-order chi connectivity index (χ0) is 11.4. The molecule has 2 aromatic rings. The van der Waals surface area contributed by atoms with Gasteiger partial charge in [0, 0.05) is 4.90 Å². The van der Waals surface area contributed by atoms with Crippen molar-refractivity contribution in [2.24, 2.45) is 0 Å². The molecule has 0 fully saturated rings. The van der Waals surface area contributed by atoms with Crippen LogP contribution in [0.2, 0.25) is 0 Å². The number of thioether (sulfide) groups is 1. The van der Waals surface area contributed by atoms with E-state index in [4.69, 9.17) is 5.26 Å². The van der Waals surface area contributed by atoms with Crippen molar-refractivity contribution in [1.29, 1.82) is 5.26 Å². The number of benzene rings is 1. The Morgan fingerprint density at radius 2 is 2.44 bits per heavy atom. The number of nitriles is 1. The normalized spacial score (nSPS) is 10.2. The van der Waals surface area contributed by atoms with Crippen LogP contribution in [0.5, 0.6) is 0 Å². The molecule has 0 amide bonds. The number of rotatable bonds is 4. The summed E-state index contributed by atoms with van der Waals surface area (Å²) in [6, 6.07) is 6.08. The molecule has 82 valence electrons. The van der Waals surface area contributed by atoms with Crippen molar-refractivity contribution in [3.63, 3.8) is 0 Å². The van der Waals surface area contributed by atoms with E-state index in [1.54, 1.807) is 0 Å². The van der Waals surface area contributed by atoms with Crippen molar-refractivity contribution < 1.29 is 0 Å². The highest BCUT2D eigenvalue weighted by molar-refractivity contribution is 7.99. The largest absolute Gasteiger partial charge is 0.323 e. The van der Waals surface area contributed by atoms with Gasteiger partial charge in [-0.3, -0.25) is 5.32 Å². The first-order valence-corrected chi connectivity index (χ1v) is 6.09. The van der Waals surface area contributed by atoms with Crippen molar-refractivity contribution in [1.82, 2.24) is 9.97 Å². The predicted molar refractivity (Wildman–Crippen MR) is 66.3 cm³/mol. The van der Waals surface area contributed by atoms with Crippen molar-refractivity contribution in [2.75, 3.05) is 11.1 Å². The number of hydrogen-bond acceptors (Lipinski definition) is 4. The summed E-state index contributed by atoms with van der Waals surface area (Å²) in [5, 5.41) is 11.0. The van der Waals surface area contributed by atoms with E-state index in [1.165, 1.54) is 4.90 Å². The molecule has 5 heteroatoms. The maximum Gasteiger partial charge on any atom is 0.214 e. The molecule has 0 atom stereocenters. The Morgan fingerprint density at radius 3 is 3.19 bits per heavy atom. The van der Waals surface area contributed by atoms with E-state index in [9.17, 15) is 0 Å². The number of imidazole rings is 1. The monoisotopic (exact) mass is 232 g/mol. The summed E-state index contributed by atoms with van der Waals surface area (Å²) < 4.78 is 0. The van der Waals surface area contributed by atoms with Crippen LogP contribution in [0.15, 0.2) is 23.1 Å². The van der Waals surface area contributed by atoms with Gasteiger partial charge in [-0.25, -0.2) is 4.98 Å². The summed E-state index contributed by atoms with van der Waals surface area (Å²) in [7, 11) is 0. The van der Waals surface area contributed by atoms with Crippen LogP contribution in [0.1, 0.15) is 13.3 Å². The third-order valence-electron chi connectivity index (χ3n) is 2.10. The Hall–Kier alpha value is -1.67. The average molecular weight is 232 g/mol. The highest BCUT2D eigenvalue weighted by Gasteiger charge is 2.02. The maximum absolute atomic E-state index is 8.49. The van der Waals surface area contributed by atoms with Gasteiger partial charge in [-0.05, 0) is 30.4 Å². The van der Waals surface area contributed by atoms with Gasteiger partial charge in [0.15, 0.2) is 6.19 Å². The van der Waals surface area contributed by atoms with Gasteiger partial charge in [0.2, 0.25) is 5.95 Å². The molecule has 0 aliphatic rings. The van der Waals surface area contributed by atoms with E-state index in [0.29, 0.717) is 5.95 Å². The molecule has 1 heterocycles. The van der Waals surface area contributed by atoms with Crippen LogP contribution in [-0.2, 0) is 0 Å². The molecule has 0 saturated heterocycles. The third-order valence-corrected chi connectivity index (χ3v) is 3.30.